The van der Waals surface area contributed by atoms with E-state index in [9.17, 15) is 48.3 Å². The fourth-order valence-corrected chi connectivity index (χ4v) is 8.39. The number of alkyl halides is 7. The fourth-order valence-electron chi connectivity index (χ4n) is 6.01. The molecule has 2 aromatic carbocycles. The molecule has 2 aromatic rings. The molecule has 220 valence electrons. The summed E-state index contributed by atoms with van der Waals surface area (Å²) in [5.74, 6) is -1.72. The van der Waals surface area contributed by atoms with Crippen LogP contribution < -0.4 is 0 Å². The lowest BCUT2D eigenvalue weighted by atomic mass is 9.76. The van der Waals surface area contributed by atoms with Crippen LogP contribution in [-0.2, 0) is 31.5 Å². The van der Waals surface area contributed by atoms with Crippen molar-refractivity contribution >= 4 is 15.8 Å². The van der Waals surface area contributed by atoms with E-state index in [1.165, 1.54) is 0 Å². The molecule has 4 rings (SSSR count). The summed E-state index contributed by atoms with van der Waals surface area (Å²) >= 11 is 0. The van der Waals surface area contributed by atoms with Crippen LogP contribution in [0.2, 0.25) is 0 Å². The maximum Gasteiger partial charge on any atom is 0.435 e. The summed E-state index contributed by atoms with van der Waals surface area (Å²) in [7, 11) is -4.41. The molecule has 2 atom stereocenters. The molecule has 0 unspecified atom stereocenters. The number of rotatable bonds is 8. The van der Waals surface area contributed by atoms with E-state index >= 15 is 0 Å². The topological polar surface area (TPSA) is 74.7 Å². The second-order valence-electron chi connectivity index (χ2n) is 10.1. The lowest BCUT2D eigenvalue weighted by Gasteiger charge is -2.43. The molecule has 2 aliphatic rings. The minimum atomic E-state index is -6.32. The van der Waals surface area contributed by atoms with Crippen LogP contribution in [-0.4, -0.2) is 55.9 Å². The number of fused-ring (bicyclic) bond motifs is 3. The van der Waals surface area contributed by atoms with Crippen LogP contribution in [0.1, 0.15) is 48.8 Å². The summed E-state index contributed by atoms with van der Waals surface area (Å²) in [5, 5.41) is 8.89. The molecule has 0 amide bonds. The predicted molar refractivity (Wildman–Crippen MR) is 126 cm³/mol. The first kappa shape index (κ1) is 30.2. The van der Waals surface area contributed by atoms with Gasteiger partial charge in [-0.3, -0.25) is 9.69 Å². The van der Waals surface area contributed by atoms with Crippen molar-refractivity contribution in [3.05, 3.63) is 65.0 Å². The summed E-state index contributed by atoms with van der Waals surface area (Å²) in [6.45, 7) is 0.499. The van der Waals surface area contributed by atoms with E-state index in [0.717, 1.165) is 30.3 Å². The average Bonchev–Trinajstić information content (AvgIpc) is 3.25. The van der Waals surface area contributed by atoms with Gasteiger partial charge in [-0.05, 0) is 74.0 Å². The quantitative estimate of drug-likeness (QED) is 0.227. The molecule has 14 heteroatoms. The summed E-state index contributed by atoms with van der Waals surface area (Å²) in [4.78, 5) is 12.4. The Hall–Kier alpha value is -2.74. The van der Waals surface area contributed by atoms with Gasteiger partial charge in [-0.2, -0.15) is 26.3 Å². The molecule has 1 aliphatic heterocycles. The Balaban J connectivity index is 1.85. The first-order chi connectivity index (χ1) is 18.5. The van der Waals surface area contributed by atoms with E-state index in [1.54, 1.807) is 0 Å². The maximum atomic E-state index is 14.8. The number of carboxylic acid groups (broad SMARTS) is 1. The van der Waals surface area contributed by atoms with Crippen molar-refractivity contribution in [2.24, 2.45) is 0 Å². The van der Waals surface area contributed by atoms with Gasteiger partial charge in [-0.1, -0.05) is 18.2 Å². The number of carboxylic acids is 1. The van der Waals surface area contributed by atoms with Gasteiger partial charge in [0.1, 0.15) is 10.6 Å². The zero-order valence-electron chi connectivity index (χ0n) is 20.8. The molecule has 0 saturated carbocycles. The summed E-state index contributed by atoms with van der Waals surface area (Å²) < 4.78 is 136. The van der Waals surface area contributed by atoms with Crippen molar-refractivity contribution in [2.75, 3.05) is 13.1 Å². The number of unbranched alkanes of at least 4 members (excludes halogenated alkanes) is 1. The zero-order chi connectivity index (χ0) is 29.7. The third-order valence-corrected chi connectivity index (χ3v) is 10.4. The molecular formula is C26H25F8NO4S. The van der Waals surface area contributed by atoms with Gasteiger partial charge in [0.15, 0.2) is 9.84 Å². The molecule has 1 saturated heterocycles. The number of nitrogens with zero attached hydrogens (tertiary/aromatic N) is 1. The lowest BCUT2D eigenvalue weighted by Crippen LogP contribution is -2.52. The van der Waals surface area contributed by atoms with Crippen molar-refractivity contribution in [1.29, 1.82) is 0 Å². The lowest BCUT2D eigenvalue weighted by molar-refractivity contribution is -0.348. The number of likely N-dealkylation sites (tertiary alicyclic amines) is 1. The fraction of sp³-hybridized carbons (Fsp3) is 0.500. The van der Waals surface area contributed by atoms with Crippen LogP contribution in [0.3, 0.4) is 0 Å². The van der Waals surface area contributed by atoms with Gasteiger partial charge in [0.05, 0.1) is 4.90 Å². The molecule has 0 bridgehead atoms. The predicted octanol–water partition coefficient (Wildman–Crippen LogP) is 6.06. The smallest absolute Gasteiger partial charge is 0.435 e. The monoisotopic (exact) mass is 599 g/mol. The van der Waals surface area contributed by atoms with Crippen molar-refractivity contribution in [2.45, 2.75) is 72.2 Å². The number of aryl methyl sites for hydroxylation is 1. The molecule has 40 heavy (non-hydrogen) atoms. The third-order valence-electron chi connectivity index (χ3n) is 7.87. The van der Waals surface area contributed by atoms with Gasteiger partial charge in [0, 0.05) is 24.6 Å². The van der Waals surface area contributed by atoms with E-state index in [4.69, 9.17) is 5.11 Å². The van der Waals surface area contributed by atoms with E-state index in [0.29, 0.717) is 31.5 Å². The minimum Gasteiger partial charge on any atom is -0.481 e. The Labute approximate surface area is 224 Å². The first-order valence-corrected chi connectivity index (χ1v) is 13.9. The average molecular weight is 600 g/mol. The Morgan fingerprint density at radius 1 is 0.975 bits per heavy atom. The summed E-state index contributed by atoms with van der Waals surface area (Å²) in [6, 6.07) is 4.78. The minimum absolute atomic E-state index is 0.0210. The van der Waals surface area contributed by atoms with Gasteiger partial charge in [-0.15, -0.1) is 0 Å². The number of aliphatic carboxylic acids is 1. The second-order valence-corrected chi connectivity index (χ2v) is 12.3. The van der Waals surface area contributed by atoms with Crippen LogP contribution in [0, 0.1) is 5.82 Å². The maximum absolute atomic E-state index is 14.8. The molecule has 0 spiro atoms. The van der Waals surface area contributed by atoms with Crippen LogP contribution in [0.5, 0.6) is 0 Å². The SMILES string of the molecule is O=C(O)CCCCN1CC[C@@]2(S(=O)(=O)c3ccc(F)cc3)c3ccc(C(F)(C(F)(F)F)C(F)(F)F)cc3CC[C@@H]12. The molecule has 1 aliphatic carbocycles. The third kappa shape index (κ3) is 4.76. The highest BCUT2D eigenvalue weighted by Gasteiger charge is 2.73. The first-order valence-electron chi connectivity index (χ1n) is 12.4. The number of hydrogen-bond donors (Lipinski definition) is 1. The largest absolute Gasteiger partial charge is 0.481 e. The Bertz CT molecular complexity index is 1360. The van der Waals surface area contributed by atoms with E-state index in [1.807, 2.05) is 4.90 Å². The van der Waals surface area contributed by atoms with Crippen molar-refractivity contribution in [3.63, 3.8) is 0 Å². The van der Waals surface area contributed by atoms with E-state index < -0.39 is 56.0 Å². The molecular weight excluding hydrogens is 574 g/mol. The van der Waals surface area contributed by atoms with Gasteiger partial charge in [0.25, 0.3) is 0 Å². The highest BCUT2D eigenvalue weighted by atomic mass is 32.2. The van der Waals surface area contributed by atoms with Crippen molar-refractivity contribution < 1.29 is 53.4 Å². The number of benzene rings is 2. The molecule has 5 nitrogen and oxygen atoms in total. The number of halogens is 8. The highest BCUT2D eigenvalue weighted by molar-refractivity contribution is 7.92. The van der Waals surface area contributed by atoms with Gasteiger partial charge >= 0.3 is 24.0 Å². The van der Waals surface area contributed by atoms with E-state index in [-0.39, 0.29) is 48.3 Å². The normalized spacial score (nSPS) is 22.1. The standard InChI is InChI=1S/C26H25F8NO4S/c27-18-6-8-19(9-7-18)40(38,39)23-12-14-35(13-2-1-3-22(36)37)21(23)11-4-16-15-17(5-10-20(16)23)24(28,25(29,30)31)26(32,33)34/h5-10,15,21H,1-4,11-14H2,(H,36,37)/t21-,23-/m1/s1. The number of sulfone groups is 1. The Morgan fingerprint density at radius 3 is 2.17 bits per heavy atom. The van der Waals surface area contributed by atoms with Crippen LogP contribution in [0.4, 0.5) is 35.1 Å². The van der Waals surface area contributed by atoms with Gasteiger partial charge in [-0.25, -0.2) is 17.2 Å². The van der Waals surface area contributed by atoms with Crippen LogP contribution in [0.15, 0.2) is 47.4 Å². The summed E-state index contributed by atoms with van der Waals surface area (Å²) in [6.07, 6.45) is -12.2. The number of hydrogen-bond acceptors (Lipinski definition) is 4. The van der Waals surface area contributed by atoms with Gasteiger partial charge < -0.3 is 5.11 Å². The molecule has 0 radical (unpaired) electrons. The van der Waals surface area contributed by atoms with Crippen LogP contribution in [0.25, 0.3) is 0 Å². The second kappa shape index (κ2) is 10.3. The molecule has 1 fully saturated rings. The van der Waals surface area contributed by atoms with E-state index in [2.05, 4.69) is 0 Å². The van der Waals surface area contributed by atoms with Crippen molar-refractivity contribution in [1.82, 2.24) is 4.90 Å². The zero-order valence-corrected chi connectivity index (χ0v) is 21.6. The van der Waals surface area contributed by atoms with Crippen molar-refractivity contribution in [3.8, 4) is 0 Å². The Morgan fingerprint density at radius 2 is 1.60 bits per heavy atom. The highest BCUT2D eigenvalue weighted by Crippen LogP contribution is 2.56. The molecule has 0 aromatic heterocycles. The van der Waals surface area contributed by atoms with Gasteiger partial charge in [0.2, 0.25) is 0 Å². The Kier molecular flexibility index (Phi) is 7.76. The number of carbonyl (C=O) groups is 1. The van der Waals surface area contributed by atoms with Crippen LogP contribution >= 0.6 is 0 Å². The molecule has 1 N–H and O–H groups in total. The summed E-state index contributed by atoms with van der Waals surface area (Å²) in [5.41, 5.74) is -7.54. The molecule has 1 heterocycles.